The molecular formula is C12H14F3NO4S. The molecule has 0 fully saturated rings. The van der Waals surface area contributed by atoms with Crippen molar-refractivity contribution in [1.82, 2.24) is 0 Å². The molecule has 0 unspecified atom stereocenters. The van der Waals surface area contributed by atoms with Crippen LogP contribution in [0.1, 0.15) is 27.7 Å². The lowest BCUT2D eigenvalue weighted by Crippen LogP contribution is -2.23. The van der Waals surface area contributed by atoms with Crippen LogP contribution in [0.4, 0.5) is 23.0 Å². The molecule has 0 radical (unpaired) electrons. The largest absolute Gasteiger partial charge is 0.462 e. The van der Waals surface area contributed by atoms with Crippen LogP contribution in [0.15, 0.2) is 0 Å². The summed E-state index contributed by atoms with van der Waals surface area (Å²) < 4.78 is 44.8. The van der Waals surface area contributed by atoms with E-state index in [-0.39, 0.29) is 17.2 Å². The molecule has 0 aliphatic rings. The molecule has 0 bridgehead atoms. The van der Waals surface area contributed by atoms with E-state index in [1.807, 2.05) is 0 Å². The molecule has 5 nitrogen and oxygen atoms in total. The summed E-state index contributed by atoms with van der Waals surface area (Å²) in [5, 5.41) is 2.25. The molecule has 9 heteroatoms. The van der Waals surface area contributed by atoms with Gasteiger partial charge >= 0.3 is 18.2 Å². The Morgan fingerprint density at radius 3 is 2.38 bits per heavy atom. The number of nitrogens with one attached hydrogen (secondary N) is 1. The molecule has 0 spiro atoms. The van der Waals surface area contributed by atoms with Gasteiger partial charge in [-0.25, -0.2) is 9.59 Å². The average molecular weight is 325 g/mol. The number of esters is 1. The summed E-state index contributed by atoms with van der Waals surface area (Å²) in [6, 6.07) is 0. The summed E-state index contributed by atoms with van der Waals surface area (Å²) in [6.07, 6.45) is -5.89. The lowest BCUT2D eigenvalue weighted by Gasteiger charge is -2.09. The second kappa shape index (κ2) is 6.79. The first-order valence-corrected chi connectivity index (χ1v) is 6.75. The summed E-state index contributed by atoms with van der Waals surface area (Å²) in [7, 11) is 0. The van der Waals surface area contributed by atoms with E-state index in [9.17, 15) is 22.8 Å². The van der Waals surface area contributed by atoms with Crippen LogP contribution in [0, 0.1) is 13.8 Å². The first-order chi connectivity index (χ1) is 9.65. The van der Waals surface area contributed by atoms with Crippen molar-refractivity contribution in [3.8, 4) is 0 Å². The minimum atomic E-state index is -4.61. The van der Waals surface area contributed by atoms with E-state index in [1.165, 1.54) is 0 Å². The van der Waals surface area contributed by atoms with Gasteiger partial charge in [-0.05, 0) is 26.3 Å². The number of amides is 1. The topological polar surface area (TPSA) is 64.6 Å². The minimum Gasteiger partial charge on any atom is -0.462 e. The van der Waals surface area contributed by atoms with E-state index >= 15 is 0 Å². The van der Waals surface area contributed by atoms with Crippen molar-refractivity contribution in [3.05, 3.63) is 16.0 Å². The molecular weight excluding hydrogens is 311 g/mol. The predicted octanol–water partition coefficient (Wildman–Crippen LogP) is 3.65. The summed E-state index contributed by atoms with van der Waals surface area (Å²) >= 11 is 1.06. The Kier molecular flexibility index (Phi) is 5.59. The standard InChI is InChI=1S/C12H14F3NO4S/c1-4-19-10(17)8-6(2)7(3)21-9(8)16-11(18)20-5-12(13,14)15/h4-5H2,1-3H3,(H,16,18). The van der Waals surface area contributed by atoms with Crippen LogP contribution in [0.3, 0.4) is 0 Å². The maximum absolute atomic E-state index is 12.0. The maximum Gasteiger partial charge on any atom is 0.422 e. The average Bonchev–Trinajstić information content (AvgIpc) is 2.62. The van der Waals surface area contributed by atoms with E-state index in [2.05, 4.69) is 10.1 Å². The summed E-state index contributed by atoms with van der Waals surface area (Å²) in [6.45, 7) is 3.44. The van der Waals surface area contributed by atoms with Crippen molar-refractivity contribution in [1.29, 1.82) is 0 Å². The van der Waals surface area contributed by atoms with Gasteiger partial charge in [0.25, 0.3) is 0 Å². The van der Waals surface area contributed by atoms with Gasteiger partial charge in [0.05, 0.1) is 12.2 Å². The number of hydrogen-bond acceptors (Lipinski definition) is 5. The van der Waals surface area contributed by atoms with Gasteiger partial charge < -0.3 is 9.47 Å². The van der Waals surface area contributed by atoms with Gasteiger partial charge in [0.15, 0.2) is 6.61 Å². The number of aryl methyl sites for hydroxylation is 1. The Hall–Kier alpha value is -1.77. The number of hydrogen-bond donors (Lipinski definition) is 1. The van der Waals surface area contributed by atoms with Crippen molar-refractivity contribution in [3.63, 3.8) is 0 Å². The van der Waals surface area contributed by atoms with Crippen LogP contribution in [0.5, 0.6) is 0 Å². The normalized spacial score (nSPS) is 11.1. The van der Waals surface area contributed by atoms with E-state index in [0.29, 0.717) is 5.56 Å². The van der Waals surface area contributed by atoms with Gasteiger partial charge in [-0.2, -0.15) is 13.2 Å². The van der Waals surface area contributed by atoms with Gasteiger partial charge in [0.1, 0.15) is 5.00 Å². The second-order valence-corrected chi connectivity index (χ2v) is 5.25. The number of carbonyl (C=O) groups excluding carboxylic acids is 2. The smallest absolute Gasteiger partial charge is 0.422 e. The summed E-state index contributed by atoms with van der Waals surface area (Å²) in [4.78, 5) is 23.9. The molecule has 1 rings (SSSR count). The molecule has 118 valence electrons. The Morgan fingerprint density at radius 1 is 1.24 bits per heavy atom. The van der Waals surface area contributed by atoms with Gasteiger partial charge in [-0.15, -0.1) is 11.3 Å². The lowest BCUT2D eigenvalue weighted by atomic mass is 10.1. The van der Waals surface area contributed by atoms with Crippen molar-refractivity contribution >= 4 is 28.4 Å². The quantitative estimate of drug-likeness (QED) is 0.858. The number of anilines is 1. The third-order valence-corrected chi connectivity index (χ3v) is 3.57. The van der Waals surface area contributed by atoms with Crippen LogP contribution in [-0.4, -0.2) is 31.5 Å². The van der Waals surface area contributed by atoms with Crippen LogP contribution in [0.25, 0.3) is 0 Å². The van der Waals surface area contributed by atoms with Gasteiger partial charge in [0, 0.05) is 4.88 Å². The number of carbonyl (C=O) groups is 2. The summed E-state index contributed by atoms with van der Waals surface area (Å²) in [5.74, 6) is -0.648. The number of alkyl halides is 3. The lowest BCUT2D eigenvalue weighted by molar-refractivity contribution is -0.159. The molecule has 0 aliphatic heterocycles. The van der Waals surface area contributed by atoms with Crippen LogP contribution < -0.4 is 5.32 Å². The highest BCUT2D eigenvalue weighted by Gasteiger charge is 2.30. The highest BCUT2D eigenvalue weighted by Crippen LogP contribution is 2.33. The molecule has 1 aromatic rings. The van der Waals surface area contributed by atoms with Gasteiger partial charge in [0.2, 0.25) is 0 Å². The molecule has 1 heterocycles. The van der Waals surface area contributed by atoms with Crippen LogP contribution in [-0.2, 0) is 9.47 Å². The molecule has 1 aromatic heterocycles. The summed E-state index contributed by atoms with van der Waals surface area (Å²) in [5.41, 5.74) is 0.730. The first-order valence-electron chi connectivity index (χ1n) is 5.93. The zero-order valence-corrected chi connectivity index (χ0v) is 12.4. The first kappa shape index (κ1) is 17.3. The number of halogens is 3. The van der Waals surface area contributed by atoms with Crippen LogP contribution >= 0.6 is 11.3 Å². The molecule has 1 amide bonds. The van der Waals surface area contributed by atoms with Crippen molar-refractivity contribution < 1.29 is 32.2 Å². The predicted molar refractivity (Wildman–Crippen MR) is 70.8 cm³/mol. The molecule has 0 atom stereocenters. The molecule has 0 saturated heterocycles. The Labute approximate surface area is 123 Å². The number of thiophene rings is 1. The van der Waals surface area contributed by atoms with Crippen molar-refractivity contribution in [2.75, 3.05) is 18.5 Å². The molecule has 21 heavy (non-hydrogen) atoms. The second-order valence-electron chi connectivity index (χ2n) is 4.02. The highest BCUT2D eigenvalue weighted by atomic mass is 32.1. The van der Waals surface area contributed by atoms with Crippen LogP contribution in [0.2, 0.25) is 0 Å². The highest BCUT2D eigenvalue weighted by molar-refractivity contribution is 7.16. The third kappa shape index (κ3) is 4.92. The monoisotopic (exact) mass is 325 g/mol. The zero-order chi connectivity index (χ0) is 16.2. The van der Waals surface area contributed by atoms with Crippen molar-refractivity contribution in [2.45, 2.75) is 26.9 Å². The fourth-order valence-electron chi connectivity index (χ4n) is 1.44. The van der Waals surface area contributed by atoms with Gasteiger partial charge in [-0.3, -0.25) is 5.32 Å². The Morgan fingerprint density at radius 2 is 1.86 bits per heavy atom. The van der Waals surface area contributed by atoms with Crippen molar-refractivity contribution in [2.24, 2.45) is 0 Å². The zero-order valence-electron chi connectivity index (χ0n) is 11.6. The minimum absolute atomic E-state index is 0.107. The molecule has 1 N–H and O–H groups in total. The van der Waals surface area contributed by atoms with E-state index in [0.717, 1.165) is 16.2 Å². The van der Waals surface area contributed by atoms with E-state index in [1.54, 1.807) is 20.8 Å². The molecule has 0 aromatic carbocycles. The Bertz CT molecular complexity index is 539. The molecule has 0 saturated carbocycles. The SMILES string of the molecule is CCOC(=O)c1c(NC(=O)OCC(F)(F)F)sc(C)c1C. The molecule has 0 aliphatic carbocycles. The van der Waals surface area contributed by atoms with Gasteiger partial charge in [-0.1, -0.05) is 0 Å². The third-order valence-electron chi connectivity index (χ3n) is 2.45. The Balaban J connectivity index is 2.86. The maximum atomic E-state index is 12.0. The number of ether oxygens (including phenoxy) is 2. The van der Waals surface area contributed by atoms with E-state index < -0.39 is 24.8 Å². The fourth-order valence-corrected chi connectivity index (χ4v) is 2.47. The number of rotatable bonds is 4. The van der Waals surface area contributed by atoms with E-state index in [4.69, 9.17) is 4.74 Å². The fraction of sp³-hybridized carbons (Fsp3) is 0.500.